The zero-order chi connectivity index (χ0) is 12.4. The van der Waals surface area contributed by atoms with Crippen LogP contribution in [0.15, 0.2) is 30.3 Å². The van der Waals surface area contributed by atoms with E-state index in [0.717, 1.165) is 16.8 Å². The van der Waals surface area contributed by atoms with Gasteiger partial charge in [0.25, 0.3) is 0 Å². The first-order valence-electron chi connectivity index (χ1n) is 5.04. The third-order valence-corrected chi connectivity index (χ3v) is 2.88. The molecule has 1 aromatic heterocycles. The summed E-state index contributed by atoms with van der Waals surface area (Å²) in [7, 11) is 3.99. The van der Waals surface area contributed by atoms with E-state index in [1.165, 1.54) is 0 Å². The van der Waals surface area contributed by atoms with Crippen molar-refractivity contribution in [3.63, 3.8) is 0 Å². The Morgan fingerprint density at radius 1 is 1.00 bits per heavy atom. The lowest BCUT2D eigenvalue weighted by molar-refractivity contribution is 1.03. The van der Waals surface area contributed by atoms with Gasteiger partial charge in [-0.15, -0.1) is 10.2 Å². The van der Waals surface area contributed by atoms with Gasteiger partial charge in [0.15, 0.2) is 10.3 Å². The third kappa shape index (κ3) is 2.68. The van der Waals surface area contributed by atoms with Gasteiger partial charge < -0.3 is 4.90 Å². The first-order valence-corrected chi connectivity index (χ1v) is 5.80. The highest BCUT2D eigenvalue weighted by molar-refractivity contribution is 6.33. The van der Waals surface area contributed by atoms with Gasteiger partial charge in [0.1, 0.15) is 0 Å². The number of halogens is 2. The second kappa shape index (κ2) is 4.90. The van der Waals surface area contributed by atoms with Crippen LogP contribution < -0.4 is 4.90 Å². The second-order valence-electron chi connectivity index (χ2n) is 3.81. The largest absolute Gasteiger partial charge is 0.378 e. The molecule has 0 aliphatic heterocycles. The normalized spacial score (nSPS) is 10.4. The van der Waals surface area contributed by atoms with Crippen molar-refractivity contribution in [3.05, 3.63) is 40.6 Å². The fraction of sp³-hybridized carbons (Fsp3) is 0.167. The molecule has 1 aromatic carbocycles. The van der Waals surface area contributed by atoms with Crippen molar-refractivity contribution in [3.8, 4) is 11.1 Å². The lowest BCUT2D eigenvalue weighted by Gasteiger charge is -2.12. The fourth-order valence-corrected chi connectivity index (χ4v) is 1.84. The molecular formula is C12H11Cl2N3. The van der Waals surface area contributed by atoms with Gasteiger partial charge in [0, 0.05) is 25.3 Å². The molecule has 0 saturated carbocycles. The van der Waals surface area contributed by atoms with Crippen molar-refractivity contribution in [1.82, 2.24) is 10.2 Å². The number of benzene rings is 1. The van der Waals surface area contributed by atoms with E-state index in [0.29, 0.717) is 10.3 Å². The van der Waals surface area contributed by atoms with Crippen LogP contribution in [0.4, 0.5) is 5.69 Å². The summed E-state index contributed by atoms with van der Waals surface area (Å²) in [6.07, 6.45) is 0. The number of rotatable bonds is 2. The molecule has 0 saturated heterocycles. The highest BCUT2D eigenvalue weighted by atomic mass is 35.5. The van der Waals surface area contributed by atoms with Crippen LogP contribution in [0.2, 0.25) is 10.3 Å². The second-order valence-corrected chi connectivity index (χ2v) is 4.56. The van der Waals surface area contributed by atoms with Gasteiger partial charge in [-0.2, -0.15) is 0 Å². The first kappa shape index (κ1) is 12.1. The molecular weight excluding hydrogens is 257 g/mol. The molecule has 0 aliphatic rings. The van der Waals surface area contributed by atoms with Crippen LogP contribution in [-0.4, -0.2) is 24.3 Å². The van der Waals surface area contributed by atoms with Gasteiger partial charge in [-0.3, -0.25) is 0 Å². The van der Waals surface area contributed by atoms with Crippen LogP contribution in [0.1, 0.15) is 0 Å². The van der Waals surface area contributed by atoms with E-state index in [9.17, 15) is 0 Å². The Hall–Kier alpha value is -1.32. The molecule has 1 heterocycles. The molecule has 5 heteroatoms. The third-order valence-electron chi connectivity index (χ3n) is 2.41. The molecule has 3 nitrogen and oxygen atoms in total. The minimum absolute atomic E-state index is 0.334. The average Bonchev–Trinajstić information content (AvgIpc) is 2.32. The van der Waals surface area contributed by atoms with Crippen molar-refractivity contribution >= 4 is 28.9 Å². The van der Waals surface area contributed by atoms with Crippen molar-refractivity contribution in [1.29, 1.82) is 0 Å². The topological polar surface area (TPSA) is 29.0 Å². The van der Waals surface area contributed by atoms with E-state index in [-0.39, 0.29) is 0 Å². The zero-order valence-electron chi connectivity index (χ0n) is 9.48. The molecule has 2 rings (SSSR count). The highest BCUT2D eigenvalue weighted by Gasteiger charge is 2.07. The molecule has 0 atom stereocenters. The van der Waals surface area contributed by atoms with E-state index < -0.39 is 0 Å². The van der Waals surface area contributed by atoms with Gasteiger partial charge in [-0.1, -0.05) is 35.3 Å². The van der Waals surface area contributed by atoms with E-state index in [1.807, 2.05) is 43.3 Å². The van der Waals surface area contributed by atoms with Gasteiger partial charge in [-0.05, 0) is 23.8 Å². The maximum atomic E-state index is 5.99. The minimum atomic E-state index is 0.334. The maximum absolute atomic E-state index is 5.99. The van der Waals surface area contributed by atoms with Crippen molar-refractivity contribution in [2.45, 2.75) is 0 Å². The van der Waals surface area contributed by atoms with Crippen LogP contribution in [0, 0.1) is 0 Å². The van der Waals surface area contributed by atoms with Crippen LogP contribution in [0.25, 0.3) is 11.1 Å². The molecule has 0 amide bonds. The van der Waals surface area contributed by atoms with E-state index >= 15 is 0 Å². The predicted octanol–water partition coefficient (Wildman–Crippen LogP) is 3.52. The average molecular weight is 268 g/mol. The molecule has 0 bridgehead atoms. The monoisotopic (exact) mass is 267 g/mol. The standard InChI is InChI=1S/C12H11Cl2N3/c1-17(2)9-5-3-8(4-6-9)10-7-11(13)15-16-12(10)14/h3-7H,1-2H3. The van der Waals surface area contributed by atoms with Crippen molar-refractivity contribution in [2.24, 2.45) is 0 Å². The summed E-state index contributed by atoms with van der Waals surface area (Å²) in [5.41, 5.74) is 2.88. The quantitative estimate of drug-likeness (QED) is 0.834. The molecule has 0 unspecified atom stereocenters. The summed E-state index contributed by atoms with van der Waals surface area (Å²) in [4.78, 5) is 2.03. The highest BCUT2D eigenvalue weighted by Crippen LogP contribution is 2.28. The molecule has 88 valence electrons. The van der Waals surface area contributed by atoms with Gasteiger partial charge in [0.2, 0.25) is 0 Å². The maximum Gasteiger partial charge on any atom is 0.159 e. The Morgan fingerprint density at radius 3 is 2.24 bits per heavy atom. The zero-order valence-corrected chi connectivity index (χ0v) is 11.0. The Bertz CT molecular complexity index is 524. The Labute approximate surface area is 110 Å². The van der Waals surface area contributed by atoms with Crippen LogP contribution in [-0.2, 0) is 0 Å². The summed E-state index contributed by atoms with van der Waals surface area (Å²) >= 11 is 11.8. The first-order chi connectivity index (χ1) is 8.08. The van der Waals surface area contributed by atoms with Gasteiger partial charge >= 0.3 is 0 Å². The van der Waals surface area contributed by atoms with E-state index in [1.54, 1.807) is 6.07 Å². The van der Waals surface area contributed by atoms with Gasteiger partial charge in [-0.25, -0.2) is 0 Å². The summed E-state index contributed by atoms with van der Waals surface area (Å²) in [6.45, 7) is 0. The molecule has 0 N–H and O–H groups in total. The summed E-state index contributed by atoms with van der Waals surface area (Å²) in [6, 6.07) is 9.70. The Kier molecular flexibility index (Phi) is 3.50. The molecule has 0 aliphatic carbocycles. The van der Waals surface area contributed by atoms with Crippen LogP contribution in [0.5, 0.6) is 0 Å². The molecule has 0 radical (unpaired) electrons. The number of anilines is 1. The number of hydrogen-bond donors (Lipinski definition) is 0. The van der Waals surface area contributed by atoms with E-state index in [2.05, 4.69) is 10.2 Å². The smallest absolute Gasteiger partial charge is 0.159 e. The lowest BCUT2D eigenvalue weighted by atomic mass is 10.1. The lowest BCUT2D eigenvalue weighted by Crippen LogP contribution is -2.07. The number of aromatic nitrogens is 2. The van der Waals surface area contributed by atoms with Crippen molar-refractivity contribution < 1.29 is 0 Å². The summed E-state index contributed by atoms with van der Waals surface area (Å²) in [5.74, 6) is 0. The number of nitrogens with zero attached hydrogens (tertiary/aromatic N) is 3. The minimum Gasteiger partial charge on any atom is -0.378 e. The molecule has 0 spiro atoms. The van der Waals surface area contributed by atoms with Gasteiger partial charge in [0.05, 0.1) is 0 Å². The molecule has 17 heavy (non-hydrogen) atoms. The van der Waals surface area contributed by atoms with E-state index in [4.69, 9.17) is 23.2 Å². The molecule has 2 aromatic rings. The molecule has 0 fully saturated rings. The predicted molar refractivity (Wildman–Crippen MR) is 71.8 cm³/mol. The summed E-state index contributed by atoms with van der Waals surface area (Å²) < 4.78 is 0. The fourth-order valence-electron chi connectivity index (χ4n) is 1.49. The van der Waals surface area contributed by atoms with Crippen molar-refractivity contribution in [2.75, 3.05) is 19.0 Å². The number of hydrogen-bond acceptors (Lipinski definition) is 3. The van der Waals surface area contributed by atoms with Crippen LogP contribution in [0.3, 0.4) is 0 Å². The SMILES string of the molecule is CN(C)c1ccc(-c2cc(Cl)nnc2Cl)cc1. The Balaban J connectivity index is 2.43. The Morgan fingerprint density at radius 2 is 1.65 bits per heavy atom. The van der Waals surface area contributed by atoms with Crippen LogP contribution >= 0.6 is 23.2 Å². The summed E-state index contributed by atoms with van der Waals surface area (Å²) in [5, 5.41) is 8.16.